The molecule has 8 heteroatoms. The van der Waals surface area contributed by atoms with Gasteiger partial charge in [-0.2, -0.15) is 0 Å². The zero-order chi connectivity index (χ0) is 15.8. The molecular formula is C15H16N6OS. The van der Waals surface area contributed by atoms with Crippen LogP contribution >= 0.6 is 11.3 Å². The van der Waals surface area contributed by atoms with Crippen molar-refractivity contribution in [2.45, 2.75) is 0 Å². The SMILES string of the molecule is Cn1cnc2cc(N3CCN(c4nncs4)CC3)ccc2c1=O. The summed E-state index contributed by atoms with van der Waals surface area (Å²) in [6.07, 6.45) is 1.57. The second-order valence-corrected chi connectivity index (χ2v) is 6.37. The monoisotopic (exact) mass is 328 g/mol. The first-order valence-corrected chi connectivity index (χ1v) is 8.32. The van der Waals surface area contributed by atoms with Gasteiger partial charge in [-0.25, -0.2) is 4.98 Å². The molecule has 118 valence electrons. The fraction of sp³-hybridized carbons (Fsp3) is 0.333. The van der Waals surface area contributed by atoms with Crippen molar-refractivity contribution in [2.24, 2.45) is 7.05 Å². The summed E-state index contributed by atoms with van der Waals surface area (Å²) in [5.41, 5.74) is 3.60. The van der Waals surface area contributed by atoms with Gasteiger partial charge in [0.05, 0.1) is 17.2 Å². The molecule has 0 N–H and O–H groups in total. The summed E-state index contributed by atoms with van der Waals surface area (Å²) in [5.74, 6) is 0. The van der Waals surface area contributed by atoms with E-state index in [1.54, 1.807) is 30.2 Å². The second kappa shape index (κ2) is 5.62. The van der Waals surface area contributed by atoms with E-state index in [9.17, 15) is 4.79 Å². The lowest BCUT2D eigenvalue weighted by Gasteiger charge is -2.35. The first-order chi connectivity index (χ1) is 11.2. The summed E-state index contributed by atoms with van der Waals surface area (Å²) in [7, 11) is 1.72. The van der Waals surface area contributed by atoms with Crippen LogP contribution in [0.5, 0.6) is 0 Å². The lowest BCUT2D eigenvalue weighted by atomic mass is 10.2. The third kappa shape index (κ3) is 2.55. The summed E-state index contributed by atoms with van der Waals surface area (Å²) >= 11 is 1.57. The molecule has 1 saturated heterocycles. The van der Waals surface area contributed by atoms with Gasteiger partial charge in [-0.1, -0.05) is 11.3 Å². The summed E-state index contributed by atoms with van der Waals surface area (Å²) < 4.78 is 1.50. The van der Waals surface area contributed by atoms with Crippen molar-refractivity contribution in [3.05, 3.63) is 40.4 Å². The van der Waals surface area contributed by atoms with Gasteiger partial charge >= 0.3 is 0 Å². The fourth-order valence-electron chi connectivity index (χ4n) is 2.86. The summed E-state index contributed by atoms with van der Waals surface area (Å²) in [4.78, 5) is 21.0. The minimum absolute atomic E-state index is 0.0114. The molecule has 1 aliphatic heterocycles. The molecule has 0 amide bonds. The molecule has 1 aromatic carbocycles. The minimum Gasteiger partial charge on any atom is -0.368 e. The number of hydrogen-bond donors (Lipinski definition) is 0. The molecule has 0 aliphatic carbocycles. The molecule has 0 saturated carbocycles. The van der Waals surface area contributed by atoms with E-state index < -0.39 is 0 Å². The van der Waals surface area contributed by atoms with E-state index in [1.165, 1.54) is 4.57 Å². The first kappa shape index (κ1) is 14.1. The van der Waals surface area contributed by atoms with Crippen LogP contribution in [-0.4, -0.2) is 45.9 Å². The Labute approximate surface area is 136 Å². The number of benzene rings is 1. The van der Waals surface area contributed by atoms with Crippen LogP contribution in [0, 0.1) is 0 Å². The van der Waals surface area contributed by atoms with Gasteiger partial charge in [-0.15, -0.1) is 10.2 Å². The Morgan fingerprint density at radius 3 is 2.65 bits per heavy atom. The van der Waals surface area contributed by atoms with Gasteiger partial charge < -0.3 is 14.4 Å². The predicted octanol–water partition coefficient (Wildman–Crippen LogP) is 1.11. The van der Waals surface area contributed by atoms with Crippen molar-refractivity contribution in [1.29, 1.82) is 0 Å². The van der Waals surface area contributed by atoms with E-state index in [4.69, 9.17) is 0 Å². The Bertz CT molecular complexity index is 883. The Kier molecular flexibility index (Phi) is 3.45. The molecule has 0 spiro atoms. The topological polar surface area (TPSA) is 67.2 Å². The molecule has 3 heterocycles. The molecule has 7 nitrogen and oxygen atoms in total. The van der Waals surface area contributed by atoms with Gasteiger partial charge in [-0.05, 0) is 18.2 Å². The van der Waals surface area contributed by atoms with E-state index in [2.05, 4.69) is 25.0 Å². The van der Waals surface area contributed by atoms with Crippen molar-refractivity contribution in [3.63, 3.8) is 0 Å². The van der Waals surface area contributed by atoms with E-state index in [1.807, 2.05) is 18.2 Å². The first-order valence-electron chi connectivity index (χ1n) is 7.44. The fourth-order valence-corrected chi connectivity index (χ4v) is 3.47. The largest absolute Gasteiger partial charge is 0.368 e. The normalized spacial score (nSPS) is 15.3. The molecule has 0 atom stereocenters. The Hall–Kier alpha value is -2.48. The molecule has 0 bridgehead atoms. The van der Waals surface area contributed by atoms with Crippen molar-refractivity contribution in [3.8, 4) is 0 Å². The molecule has 2 aromatic heterocycles. The van der Waals surface area contributed by atoms with Crippen LogP contribution < -0.4 is 15.4 Å². The molecule has 23 heavy (non-hydrogen) atoms. The second-order valence-electron chi connectivity index (χ2n) is 5.56. The van der Waals surface area contributed by atoms with Gasteiger partial charge in [-0.3, -0.25) is 4.79 Å². The van der Waals surface area contributed by atoms with Crippen molar-refractivity contribution < 1.29 is 0 Å². The molecular weight excluding hydrogens is 312 g/mol. The van der Waals surface area contributed by atoms with Crippen LogP contribution in [0.1, 0.15) is 0 Å². The molecule has 3 aromatic rings. The average molecular weight is 328 g/mol. The van der Waals surface area contributed by atoms with Crippen molar-refractivity contribution >= 4 is 33.1 Å². The van der Waals surface area contributed by atoms with Crippen molar-refractivity contribution in [2.75, 3.05) is 36.0 Å². The summed E-state index contributed by atoms with van der Waals surface area (Å²) in [6.45, 7) is 3.65. The predicted molar refractivity (Wildman–Crippen MR) is 91.3 cm³/mol. The van der Waals surface area contributed by atoms with Gasteiger partial charge in [0.2, 0.25) is 5.13 Å². The highest BCUT2D eigenvalue weighted by Gasteiger charge is 2.19. The number of aromatic nitrogens is 4. The quantitative estimate of drug-likeness (QED) is 0.702. The van der Waals surface area contributed by atoms with Gasteiger partial charge in [0.1, 0.15) is 5.51 Å². The number of piperazine rings is 1. The standard InChI is InChI=1S/C15H16N6OS/c1-19-9-16-13-8-11(2-3-12(13)14(19)22)20-4-6-21(7-5-20)15-18-17-10-23-15/h2-3,8-10H,4-7H2,1H3. The van der Waals surface area contributed by atoms with Crippen molar-refractivity contribution in [1.82, 2.24) is 19.7 Å². The molecule has 1 aliphatic rings. The highest BCUT2D eigenvalue weighted by Crippen LogP contribution is 2.23. The van der Waals surface area contributed by atoms with Crippen LogP contribution in [0.25, 0.3) is 10.9 Å². The smallest absolute Gasteiger partial charge is 0.260 e. The highest BCUT2D eigenvalue weighted by molar-refractivity contribution is 7.13. The maximum atomic E-state index is 12.1. The Balaban J connectivity index is 1.56. The zero-order valence-electron chi connectivity index (χ0n) is 12.7. The third-order valence-corrected chi connectivity index (χ3v) is 4.92. The van der Waals surface area contributed by atoms with Crippen LogP contribution in [0.3, 0.4) is 0 Å². The van der Waals surface area contributed by atoms with E-state index in [0.29, 0.717) is 5.39 Å². The zero-order valence-corrected chi connectivity index (χ0v) is 13.5. The molecule has 0 radical (unpaired) electrons. The highest BCUT2D eigenvalue weighted by atomic mass is 32.1. The number of hydrogen-bond acceptors (Lipinski definition) is 7. The maximum absolute atomic E-state index is 12.1. The van der Waals surface area contributed by atoms with Gasteiger partial charge in [0.15, 0.2) is 0 Å². The number of nitrogens with zero attached hydrogens (tertiary/aromatic N) is 6. The minimum atomic E-state index is -0.0114. The van der Waals surface area contributed by atoms with E-state index in [-0.39, 0.29) is 5.56 Å². The maximum Gasteiger partial charge on any atom is 0.260 e. The molecule has 1 fully saturated rings. The molecule has 4 rings (SSSR count). The van der Waals surface area contributed by atoms with Crippen LogP contribution in [-0.2, 0) is 7.05 Å². The van der Waals surface area contributed by atoms with Gasteiger partial charge in [0.25, 0.3) is 5.56 Å². The number of anilines is 2. The van der Waals surface area contributed by atoms with Crippen LogP contribution in [0.15, 0.2) is 34.8 Å². The van der Waals surface area contributed by atoms with Crippen LogP contribution in [0.4, 0.5) is 10.8 Å². The lowest BCUT2D eigenvalue weighted by Crippen LogP contribution is -2.46. The summed E-state index contributed by atoms with van der Waals surface area (Å²) in [6, 6.07) is 5.88. The Morgan fingerprint density at radius 1 is 1.13 bits per heavy atom. The number of aryl methyl sites for hydroxylation is 1. The van der Waals surface area contributed by atoms with Gasteiger partial charge in [0, 0.05) is 38.9 Å². The third-order valence-electron chi connectivity index (χ3n) is 4.17. The lowest BCUT2D eigenvalue weighted by molar-refractivity contribution is 0.650. The molecule has 0 unspecified atom stereocenters. The Morgan fingerprint density at radius 2 is 1.91 bits per heavy atom. The van der Waals surface area contributed by atoms with Crippen LogP contribution in [0.2, 0.25) is 0 Å². The average Bonchev–Trinajstić information content (AvgIpc) is 3.13. The number of rotatable bonds is 2. The summed E-state index contributed by atoms with van der Waals surface area (Å²) in [5, 5.41) is 9.66. The van der Waals surface area contributed by atoms with E-state index in [0.717, 1.165) is 42.5 Å². The number of fused-ring (bicyclic) bond motifs is 1. The van der Waals surface area contributed by atoms with E-state index >= 15 is 0 Å².